The molecule has 9 nitrogen and oxygen atoms in total. The lowest BCUT2D eigenvalue weighted by Gasteiger charge is -2.41. The molecule has 2 aliphatic heterocycles. The third kappa shape index (κ3) is 9.33. The predicted molar refractivity (Wildman–Crippen MR) is 163 cm³/mol. The number of aliphatic hydroxyl groups excluding tert-OH is 1. The summed E-state index contributed by atoms with van der Waals surface area (Å²) in [6.07, 6.45) is 3.40. The van der Waals surface area contributed by atoms with E-state index in [2.05, 4.69) is 0 Å². The number of hydrogen-bond acceptors (Lipinski definition) is 7. The number of amides is 2. The highest BCUT2D eigenvalue weighted by molar-refractivity contribution is 7.92. The number of nitrogens with zero attached hydrogens (tertiary/aromatic N) is 2. The second kappa shape index (κ2) is 14.0. The van der Waals surface area contributed by atoms with Crippen LogP contribution in [-0.2, 0) is 19.3 Å². The molecule has 2 amide bonds. The van der Waals surface area contributed by atoms with Crippen LogP contribution in [0.1, 0.15) is 99.8 Å². The average Bonchev–Trinajstić information content (AvgIpc) is 2.87. The monoisotopic (exact) mass is 608 g/mol. The highest BCUT2D eigenvalue weighted by atomic mass is 32.2. The fraction of sp³-hybridized carbons (Fsp3) is 0.750. The third-order valence-electron chi connectivity index (χ3n) is 8.04. The molecule has 2 fully saturated rings. The molecule has 0 bridgehead atoms. The van der Waals surface area contributed by atoms with Crippen LogP contribution in [0.15, 0.2) is 35.2 Å². The van der Waals surface area contributed by atoms with Gasteiger partial charge in [-0.2, -0.15) is 0 Å². The van der Waals surface area contributed by atoms with Gasteiger partial charge < -0.3 is 24.4 Å². The van der Waals surface area contributed by atoms with Crippen LogP contribution in [0.3, 0.4) is 0 Å². The molecule has 0 aliphatic carbocycles. The third-order valence-corrected chi connectivity index (χ3v) is 10.5. The van der Waals surface area contributed by atoms with Gasteiger partial charge in [0.2, 0.25) is 0 Å². The number of ether oxygens (including phenoxy) is 2. The van der Waals surface area contributed by atoms with Crippen molar-refractivity contribution in [1.29, 1.82) is 0 Å². The van der Waals surface area contributed by atoms with Crippen LogP contribution in [0, 0.1) is 5.92 Å². The van der Waals surface area contributed by atoms with Gasteiger partial charge in [0.15, 0.2) is 9.84 Å². The van der Waals surface area contributed by atoms with Gasteiger partial charge in [-0.15, -0.1) is 0 Å². The number of benzene rings is 1. The van der Waals surface area contributed by atoms with Crippen LogP contribution >= 0.6 is 0 Å². The van der Waals surface area contributed by atoms with E-state index in [4.69, 9.17) is 9.47 Å². The molecule has 1 aromatic carbocycles. The Morgan fingerprint density at radius 2 is 1.29 bits per heavy atom. The summed E-state index contributed by atoms with van der Waals surface area (Å²) in [5.41, 5.74) is -1.30. The summed E-state index contributed by atoms with van der Waals surface area (Å²) in [7, 11) is -3.95. The lowest BCUT2D eigenvalue weighted by molar-refractivity contribution is 0.000318. The highest BCUT2D eigenvalue weighted by Crippen LogP contribution is 2.34. The van der Waals surface area contributed by atoms with Gasteiger partial charge >= 0.3 is 12.2 Å². The summed E-state index contributed by atoms with van der Waals surface area (Å²) in [6.45, 7) is 13.8. The highest BCUT2D eigenvalue weighted by Gasteiger charge is 2.43. The first-order valence-corrected chi connectivity index (χ1v) is 17.0. The largest absolute Gasteiger partial charge is 0.444 e. The van der Waals surface area contributed by atoms with E-state index in [9.17, 15) is 23.1 Å². The lowest BCUT2D eigenvalue weighted by Crippen LogP contribution is -2.51. The topological polar surface area (TPSA) is 113 Å². The number of aliphatic hydroxyl groups is 1. The fourth-order valence-electron chi connectivity index (χ4n) is 6.25. The molecule has 0 spiro atoms. The standard InChI is InChI=1S/C32H52N2O7S/c1-23(21-24-15-11-13-19-33(24)29(36)40-31(2,3)4)28(42(38,39)26-17-9-8-10-18-26)27(35)22-25-16-12-14-20-34(25)30(37)41-32(5,6)7/h8-10,17-18,23-25,27-28,35H,11-16,19-22H2,1-7H3/t23-,24-,25-,27+,28?/m0/s1. The fourth-order valence-corrected chi connectivity index (χ4v) is 8.35. The minimum atomic E-state index is -3.95. The molecule has 2 saturated heterocycles. The van der Waals surface area contributed by atoms with Crippen LogP contribution in [0.2, 0.25) is 0 Å². The Labute approximate surface area is 252 Å². The van der Waals surface area contributed by atoms with Crippen molar-refractivity contribution >= 4 is 22.0 Å². The molecule has 0 saturated carbocycles. The normalized spacial score (nSPS) is 22.7. The maximum Gasteiger partial charge on any atom is 0.410 e. The van der Waals surface area contributed by atoms with E-state index in [1.54, 1.807) is 40.1 Å². The van der Waals surface area contributed by atoms with E-state index < -0.39 is 50.5 Å². The van der Waals surface area contributed by atoms with Crippen molar-refractivity contribution in [2.24, 2.45) is 5.92 Å². The molecular formula is C32H52N2O7S. The van der Waals surface area contributed by atoms with Crippen LogP contribution in [0.5, 0.6) is 0 Å². The smallest absolute Gasteiger partial charge is 0.410 e. The number of carbonyl (C=O) groups is 2. The maximum absolute atomic E-state index is 14.1. The van der Waals surface area contributed by atoms with E-state index in [1.807, 2.05) is 48.5 Å². The van der Waals surface area contributed by atoms with Gasteiger partial charge in [-0.1, -0.05) is 25.1 Å². The zero-order valence-corrected chi connectivity index (χ0v) is 27.4. The van der Waals surface area contributed by atoms with Gasteiger partial charge in [0.1, 0.15) is 11.2 Å². The van der Waals surface area contributed by atoms with Crippen LogP contribution in [0.25, 0.3) is 0 Å². The second-order valence-corrected chi connectivity index (χ2v) is 16.1. The number of rotatable bonds is 8. The number of carbonyl (C=O) groups excluding carboxylic acids is 2. The van der Waals surface area contributed by atoms with Gasteiger partial charge in [0, 0.05) is 25.2 Å². The van der Waals surface area contributed by atoms with Crippen molar-refractivity contribution < 1.29 is 32.6 Å². The molecule has 0 radical (unpaired) electrons. The minimum absolute atomic E-state index is 0.126. The Kier molecular flexibility index (Phi) is 11.4. The molecule has 1 aromatic rings. The number of hydrogen-bond donors (Lipinski definition) is 1. The molecule has 10 heteroatoms. The van der Waals surface area contributed by atoms with E-state index in [0.29, 0.717) is 25.9 Å². The number of likely N-dealkylation sites (tertiary alicyclic amines) is 2. The molecule has 1 N–H and O–H groups in total. The van der Waals surface area contributed by atoms with Crippen molar-refractivity contribution in [2.75, 3.05) is 13.1 Å². The molecule has 2 heterocycles. The van der Waals surface area contributed by atoms with E-state index in [0.717, 1.165) is 32.1 Å². The number of piperidine rings is 2. The summed E-state index contributed by atoms with van der Waals surface area (Å²) in [5.74, 6) is -0.475. The van der Waals surface area contributed by atoms with Gasteiger partial charge in [0.05, 0.1) is 16.2 Å². The number of sulfone groups is 1. The van der Waals surface area contributed by atoms with Crippen LogP contribution in [-0.4, -0.2) is 83.2 Å². The lowest BCUT2D eigenvalue weighted by atomic mass is 9.87. The van der Waals surface area contributed by atoms with E-state index >= 15 is 0 Å². The van der Waals surface area contributed by atoms with Crippen molar-refractivity contribution in [3.8, 4) is 0 Å². The first kappa shape index (κ1) is 34.2. The van der Waals surface area contributed by atoms with Crippen LogP contribution < -0.4 is 0 Å². The Morgan fingerprint density at radius 1 is 0.833 bits per heavy atom. The zero-order valence-electron chi connectivity index (χ0n) is 26.5. The maximum atomic E-state index is 14.1. The van der Waals surface area contributed by atoms with Crippen molar-refractivity contribution in [3.05, 3.63) is 30.3 Å². The average molecular weight is 609 g/mol. The molecule has 5 atom stereocenters. The quantitative estimate of drug-likeness (QED) is 0.375. The molecule has 238 valence electrons. The Morgan fingerprint density at radius 3 is 1.74 bits per heavy atom. The first-order chi connectivity index (χ1) is 19.5. The summed E-state index contributed by atoms with van der Waals surface area (Å²) in [6, 6.07) is 7.70. The second-order valence-electron chi connectivity index (χ2n) is 14.0. The summed E-state index contributed by atoms with van der Waals surface area (Å²) in [5, 5.41) is 10.6. The minimum Gasteiger partial charge on any atom is -0.444 e. The molecule has 2 aliphatic rings. The van der Waals surface area contributed by atoms with Crippen LogP contribution in [0.4, 0.5) is 9.59 Å². The summed E-state index contributed by atoms with van der Waals surface area (Å²) < 4.78 is 39.6. The Bertz CT molecular complexity index is 1090. The SMILES string of the molecule is C[C@@H](C[C@@H]1CCCCN1C(=O)OC(C)(C)C)C([C@H](O)C[C@@H]1CCCCN1C(=O)OC(C)(C)C)S(=O)(=O)c1ccccc1. The summed E-state index contributed by atoms with van der Waals surface area (Å²) >= 11 is 0. The predicted octanol–water partition coefficient (Wildman–Crippen LogP) is 6.19. The van der Waals surface area contributed by atoms with Gasteiger partial charge in [-0.25, -0.2) is 18.0 Å². The zero-order chi connectivity index (χ0) is 31.3. The van der Waals surface area contributed by atoms with Crippen molar-refractivity contribution in [2.45, 2.75) is 139 Å². The molecule has 3 rings (SSSR count). The van der Waals surface area contributed by atoms with Gasteiger partial charge in [-0.3, -0.25) is 0 Å². The Balaban J connectivity index is 1.89. The first-order valence-electron chi connectivity index (χ1n) is 15.5. The van der Waals surface area contributed by atoms with Crippen molar-refractivity contribution in [3.63, 3.8) is 0 Å². The van der Waals surface area contributed by atoms with Crippen molar-refractivity contribution in [1.82, 2.24) is 9.80 Å². The molecule has 1 unspecified atom stereocenters. The Hall–Kier alpha value is -2.33. The van der Waals surface area contributed by atoms with Gasteiger partial charge in [-0.05, 0) is 111 Å². The molecule has 0 aromatic heterocycles. The van der Waals surface area contributed by atoms with E-state index in [1.165, 1.54) is 0 Å². The molecule has 42 heavy (non-hydrogen) atoms. The van der Waals surface area contributed by atoms with Gasteiger partial charge in [0.25, 0.3) is 0 Å². The summed E-state index contributed by atoms with van der Waals surface area (Å²) in [4.78, 5) is 29.7. The molecular weight excluding hydrogens is 556 g/mol. The van der Waals surface area contributed by atoms with E-state index in [-0.39, 0.29) is 23.4 Å².